The van der Waals surface area contributed by atoms with E-state index in [1.807, 2.05) is 24.3 Å². The molecule has 0 aliphatic carbocycles. The molecule has 2 aromatic rings. The summed E-state index contributed by atoms with van der Waals surface area (Å²) >= 11 is 0. The number of nitrogens with one attached hydrogen (secondary N) is 1. The number of para-hydroxylation sites is 1. The van der Waals surface area contributed by atoms with Gasteiger partial charge in [-0.15, -0.1) is 0 Å². The van der Waals surface area contributed by atoms with E-state index in [0.717, 1.165) is 36.8 Å². The molecule has 1 amide bonds. The molecule has 1 aromatic heterocycles. The lowest BCUT2D eigenvalue weighted by Crippen LogP contribution is -2.41. The normalized spacial score (nSPS) is 17.8. The lowest BCUT2D eigenvalue weighted by atomic mass is 9.98. The number of likely N-dealkylation sites (tertiary alicyclic amines) is 1. The van der Waals surface area contributed by atoms with Crippen LogP contribution in [0.2, 0.25) is 0 Å². The second-order valence-corrected chi connectivity index (χ2v) is 6.34. The van der Waals surface area contributed by atoms with Gasteiger partial charge in [-0.3, -0.25) is 9.69 Å². The van der Waals surface area contributed by atoms with E-state index >= 15 is 0 Å². The van der Waals surface area contributed by atoms with Gasteiger partial charge in [-0.25, -0.2) is 4.98 Å². The number of amides is 1. The van der Waals surface area contributed by atoms with Crippen molar-refractivity contribution >= 4 is 16.8 Å². The fourth-order valence-electron chi connectivity index (χ4n) is 3.34. The van der Waals surface area contributed by atoms with Gasteiger partial charge in [0, 0.05) is 24.5 Å². The Morgan fingerprint density at radius 3 is 3.12 bits per heavy atom. The number of benzene rings is 1. The number of fused-ring (bicyclic) bond motifs is 1. The van der Waals surface area contributed by atoms with E-state index in [0.29, 0.717) is 30.5 Å². The highest BCUT2D eigenvalue weighted by molar-refractivity contribution is 6.06. The van der Waals surface area contributed by atoms with E-state index in [1.54, 1.807) is 13.2 Å². The van der Waals surface area contributed by atoms with Gasteiger partial charge in [0.05, 0.1) is 30.8 Å². The van der Waals surface area contributed by atoms with Gasteiger partial charge < -0.3 is 10.1 Å². The molecule has 1 atom stereocenters. The van der Waals surface area contributed by atoms with Crippen molar-refractivity contribution in [3.05, 3.63) is 35.9 Å². The van der Waals surface area contributed by atoms with Crippen molar-refractivity contribution in [3.63, 3.8) is 0 Å². The molecule has 1 saturated heterocycles. The third-order valence-electron chi connectivity index (χ3n) is 4.60. The Hall–Kier alpha value is -2.65. The van der Waals surface area contributed by atoms with Gasteiger partial charge in [-0.2, -0.15) is 5.26 Å². The van der Waals surface area contributed by atoms with Crippen molar-refractivity contribution in [1.82, 2.24) is 15.2 Å². The number of hydrogen-bond donors (Lipinski definition) is 1. The minimum atomic E-state index is -0.116. The first-order chi connectivity index (χ1) is 12.2. The number of ether oxygens (including phenoxy) is 1. The molecule has 2 heterocycles. The number of rotatable bonds is 5. The maximum atomic E-state index is 12.7. The first-order valence-corrected chi connectivity index (χ1v) is 8.52. The molecule has 3 rings (SSSR count). The molecule has 0 saturated carbocycles. The Morgan fingerprint density at radius 2 is 2.32 bits per heavy atom. The maximum absolute atomic E-state index is 12.7. The van der Waals surface area contributed by atoms with Crippen LogP contribution in [-0.4, -0.2) is 49.1 Å². The predicted octanol–water partition coefficient (Wildman–Crippen LogP) is 2.21. The monoisotopic (exact) mass is 338 g/mol. The highest BCUT2D eigenvalue weighted by atomic mass is 16.5. The van der Waals surface area contributed by atoms with Crippen molar-refractivity contribution in [3.8, 4) is 11.9 Å². The van der Waals surface area contributed by atoms with Crippen molar-refractivity contribution in [1.29, 1.82) is 5.26 Å². The fraction of sp³-hybridized carbons (Fsp3) is 0.421. The maximum Gasteiger partial charge on any atom is 0.252 e. The Kier molecular flexibility index (Phi) is 5.46. The fourth-order valence-corrected chi connectivity index (χ4v) is 3.34. The number of pyridine rings is 1. The molecule has 1 aromatic carbocycles. The number of nitriles is 1. The Morgan fingerprint density at radius 1 is 1.48 bits per heavy atom. The summed E-state index contributed by atoms with van der Waals surface area (Å²) in [5, 5.41) is 12.7. The van der Waals surface area contributed by atoms with Gasteiger partial charge in [0.15, 0.2) is 0 Å². The summed E-state index contributed by atoms with van der Waals surface area (Å²) in [6.45, 7) is 2.88. The lowest BCUT2D eigenvalue weighted by molar-refractivity contribution is 0.0936. The number of piperidine rings is 1. The highest BCUT2D eigenvalue weighted by Crippen LogP contribution is 2.22. The number of hydrogen-bond acceptors (Lipinski definition) is 5. The van der Waals surface area contributed by atoms with Gasteiger partial charge in [-0.1, -0.05) is 18.2 Å². The van der Waals surface area contributed by atoms with Crippen LogP contribution in [0.4, 0.5) is 0 Å². The zero-order valence-corrected chi connectivity index (χ0v) is 14.4. The lowest BCUT2D eigenvalue weighted by Gasteiger charge is -2.31. The molecular formula is C19H22N4O2. The summed E-state index contributed by atoms with van der Waals surface area (Å²) in [7, 11) is 1.55. The molecular weight excluding hydrogens is 316 g/mol. The van der Waals surface area contributed by atoms with E-state index in [1.165, 1.54) is 0 Å². The summed E-state index contributed by atoms with van der Waals surface area (Å²) < 4.78 is 5.22. The minimum absolute atomic E-state index is 0.116. The van der Waals surface area contributed by atoms with Gasteiger partial charge in [0.25, 0.3) is 5.91 Å². The third kappa shape index (κ3) is 4.06. The van der Waals surface area contributed by atoms with E-state index in [2.05, 4.69) is 21.3 Å². The highest BCUT2D eigenvalue weighted by Gasteiger charge is 2.21. The zero-order valence-electron chi connectivity index (χ0n) is 14.4. The predicted molar refractivity (Wildman–Crippen MR) is 95.4 cm³/mol. The van der Waals surface area contributed by atoms with Gasteiger partial charge >= 0.3 is 0 Å². The average molecular weight is 338 g/mol. The first kappa shape index (κ1) is 17.2. The van der Waals surface area contributed by atoms with E-state index in [9.17, 15) is 4.79 Å². The van der Waals surface area contributed by atoms with Crippen LogP contribution in [0.5, 0.6) is 5.88 Å². The number of carbonyl (C=O) groups is 1. The van der Waals surface area contributed by atoms with E-state index in [4.69, 9.17) is 10.00 Å². The summed E-state index contributed by atoms with van der Waals surface area (Å²) in [5.41, 5.74) is 1.32. The Bertz CT molecular complexity index is 800. The van der Waals surface area contributed by atoms with Crippen molar-refractivity contribution in [2.45, 2.75) is 12.8 Å². The molecule has 1 unspecified atom stereocenters. The SMILES string of the molecule is COc1cc(C(=O)NCC2CCCN(CC#N)C2)c2ccccc2n1. The molecule has 6 heteroatoms. The van der Waals surface area contributed by atoms with Crippen molar-refractivity contribution in [2.24, 2.45) is 5.92 Å². The largest absolute Gasteiger partial charge is 0.481 e. The van der Waals surface area contributed by atoms with Crippen LogP contribution in [0.25, 0.3) is 10.9 Å². The van der Waals surface area contributed by atoms with Crippen molar-refractivity contribution < 1.29 is 9.53 Å². The van der Waals surface area contributed by atoms with Crippen LogP contribution >= 0.6 is 0 Å². The zero-order chi connectivity index (χ0) is 17.6. The van der Waals surface area contributed by atoms with Crippen LogP contribution in [0.15, 0.2) is 30.3 Å². The molecule has 1 fully saturated rings. The molecule has 6 nitrogen and oxygen atoms in total. The third-order valence-corrected chi connectivity index (χ3v) is 4.60. The van der Waals surface area contributed by atoms with Gasteiger partial charge in [-0.05, 0) is 31.4 Å². The number of nitrogens with zero attached hydrogens (tertiary/aromatic N) is 3. The quantitative estimate of drug-likeness (QED) is 0.846. The number of methoxy groups -OCH3 is 1. The summed E-state index contributed by atoms with van der Waals surface area (Å²) in [6.07, 6.45) is 2.14. The van der Waals surface area contributed by atoms with E-state index in [-0.39, 0.29) is 5.91 Å². The molecule has 1 aliphatic rings. The molecule has 0 spiro atoms. The standard InChI is InChI=1S/C19H22N4O2/c1-25-18-11-16(15-6-2-3-7-17(15)22-18)19(24)21-12-14-5-4-9-23(13-14)10-8-20/h2-3,6-7,11,14H,4-5,9-10,12-13H2,1H3,(H,21,24). The topological polar surface area (TPSA) is 78.2 Å². The van der Waals surface area contributed by atoms with E-state index < -0.39 is 0 Å². The Labute approximate surface area is 147 Å². The van der Waals surface area contributed by atoms with Gasteiger partial charge in [0.1, 0.15) is 0 Å². The Balaban J connectivity index is 1.71. The molecule has 25 heavy (non-hydrogen) atoms. The van der Waals surface area contributed by atoms with Crippen LogP contribution in [0.3, 0.4) is 0 Å². The minimum Gasteiger partial charge on any atom is -0.481 e. The smallest absolute Gasteiger partial charge is 0.252 e. The van der Waals surface area contributed by atoms with Crippen LogP contribution in [-0.2, 0) is 0 Å². The average Bonchev–Trinajstić information content (AvgIpc) is 2.65. The number of carbonyl (C=O) groups excluding carboxylic acids is 1. The molecule has 1 N–H and O–H groups in total. The molecule has 130 valence electrons. The second-order valence-electron chi connectivity index (χ2n) is 6.34. The van der Waals surface area contributed by atoms with Crippen LogP contribution in [0, 0.1) is 17.2 Å². The molecule has 0 bridgehead atoms. The first-order valence-electron chi connectivity index (χ1n) is 8.52. The van der Waals surface area contributed by atoms with Crippen LogP contribution in [0.1, 0.15) is 23.2 Å². The molecule has 0 radical (unpaired) electrons. The summed E-state index contributed by atoms with van der Waals surface area (Å²) in [6, 6.07) is 11.4. The molecule has 1 aliphatic heterocycles. The summed E-state index contributed by atoms with van der Waals surface area (Å²) in [5.74, 6) is 0.692. The number of aromatic nitrogens is 1. The van der Waals surface area contributed by atoms with Crippen LogP contribution < -0.4 is 10.1 Å². The second kappa shape index (κ2) is 7.95. The van der Waals surface area contributed by atoms with Crippen molar-refractivity contribution in [2.75, 3.05) is 33.3 Å². The van der Waals surface area contributed by atoms with Gasteiger partial charge in [0.2, 0.25) is 5.88 Å². The summed E-state index contributed by atoms with van der Waals surface area (Å²) in [4.78, 5) is 19.2.